The van der Waals surface area contributed by atoms with Crippen LogP contribution >= 0.6 is 0 Å². The first kappa shape index (κ1) is 20.9. The second kappa shape index (κ2) is 9.65. The minimum absolute atomic E-state index is 0.129. The Morgan fingerprint density at radius 3 is 2.74 bits per heavy atom. The second-order valence-corrected chi connectivity index (χ2v) is 7.19. The molecular weight excluding hydrogens is 396 g/mol. The number of aliphatic hydroxyl groups is 1. The summed E-state index contributed by atoms with van der Waals surface area (Å²) in [6, 6.07) is 11.3. The predicted molar refractivity (Wildman–Crippen MR) is 119 cm³/mol. The molecular formula is C21H26N8O2. The van der Waals surface area contributed by atoms with Gasteiger partial charge in [-0.25, -0.2) is 24.8 Å². The molecule has 1 aliphatic heterocycles. The van der Waals surface area contributed by atoms with E-state index in [0.717, 1.165) is 42.8 Å². The summed E-state index contributed by atoms with van der Waals surface area (Å²) < 4.78 is 0. The van der Waals surface area contributed by atoms with Gasteiger partial charge < -0.3 is 15.7 Å². The molecule has 0 spiro atoms. The molecule has 3 aromatic rings. The van der Waals surface area contributed by atoms with Crippen LogP contribution in [0.5, 0.6) is 0 Å². The summed E-state index contributed by atoms with van der Waals surface area (Å²) in [5.74, 6) is 0.910. The molecule has 1 saturated heterocycles. The van der Waals surface area contributed by atoms with Gasteiger partial charge in [-0.1, -0.05) is 18.2 Å². The zero-order valence-electron chi connectivity index (χ0n) is 17.4. The Kier molecular flexibility index (Phi) is 6.51. The van der Waals surface area contributed by atoms with Gasteiger partial charge in [0.15, 0.2) is 5.65 Å². The Morgan fingerprint density at radius 1 is 1.23 bits per heavy atom. The molecule has 1 aliphatic rings. The number of benzene rings is 1. The van der Waals surface area contributed by atoms with E-state index < -0.39 is 6.03 Å². The molecule has 10 nitrogen and oxygen atoms in total. The minimum Gasteiger partial charge on any atom is -0.395 e. The van der Waals surface area contributed by atoms with E-state index in [-0.39, 0.29) is 13.2 Å². The number of carbonyl (C=O) groups excluding carboxylic acids is 1. The van der Waals surface area contributed by atoms with Crippen molar-refractivity contribution in [2.75, 3.05) is 49.7 Å². The van der Waals surface area contributed by atoms with Crippen LogP contribution in [0.1, 0.15) is 5.56 Å². The fourth-order valence-corrected chi connectivity index (χ4v) is 3.48. The van der Waals surface area contributed by atoms with Gasteiger partial charge in [0.05, 0.1) is 12.3 Å². The Bertz CT molecular complexity index is 1040. The van der Waals surface area contributed by atoms with Crippen LogP contribution in [0.4, 0.5) is 22.2 Å². The van der Waals surface area contributed by atoms with Crippen LogP contribution < -0.4 is 21.0 Å². The van der Waals surface area contributed by atoms with E-state index in [1.54, 1.807) is 12.3 Å². The molecule has 162 valence electrons. The Hall–Kier alpha value is -3.34. The lowest BCUT2D eigenvalue weighted by molar-refractivity contribution is 0.240. The summed E-state index contributed by atoms with van der Waals surface area (Å²) in [6.45, 7) is 5.38. The van der Waals surface area contributed by atoms with Gasteiger partial charge in [0, 0.05) is 44.3 Å². The van der Waals surface area contributed by atoms with Gasteiger partial charge in [0.2, 0.25) is 5.95 Å². The van der Waals surface area contributed by atoms with E-state index in [1.165, 1.54) is 0 Å². The second-order valence-electron chi connectivity index (χ2n) is 7.19. The first-order valence-electron chi connectivity index (χ1n) is 10.3. The third-order valence-corrected chi connectivity index (χ3v) is 4.97. The number of amides is 2. The van der Waals surface area contributed by atoms with Crippen molar-refractivity contribution in [3.8, 4) is 0 Å². The number of nitrogens with zero attached hydrogens (tertiary/aromatic N) is 5. The summed E-state index contributed by atoms with van der Waals surface area (Å²) in [6.07, 6.45) is 1.77. The van der Waals surface area contributed by atoms with Gasteiger partial charge in [0.25, 0.3) is 0 Å². The topological polar surface area (TPSA) is 119 Å². The number of nitrogens with one attached hydrogen (secondary N) is 3. The number of hydrogen-bond acceptors (Lipinski definition) is 8. The van der Waals surface area contributed by atoms with E-state index in [1.807, 2.05) is 42.3 Å². The zero-order valence-corrected chi connectivity index (χ0v) is 17.4. The van der Waals surface area contributed by atoms with Crippen LogP contribution in [0.25, 0.3) is 11.0 Å². The van der Waals surface area contributed by atoms with Gasteiger partial charge >= 0.3 is 6.03 Å². The molecule has 0 saturated carbocycles. The van der Waals surface area contributed by atoms with Crippen LogP contribution in [0.3, 0.4) is 0 Å². The summed E-state index contributed by atoms with van der Waals surface area (Å²) in [4.78, 5) is 25.9. The average molecular weight is 422 g/mol. The number of rotatable bonds is 6. The van der Waals surface area contributed by atoms with E-state index >= 15 is 0 Å². The van der Waals surface area contributed by atoms with Crippen molar-refractivity contribution in [2.45, 2.75) is 6.92 Å². The number of hydrazine groups is 1. The van der Waals surface area contributed by atoms with Gasteiger partial charge in [-0.3, -0.25) is 5.32 Å². The number of anilines is 3. The lowest BCUT2D eigenvalue weighted by Crippen LogP contribution is -2.51. The quantitative estimate of drug-likeness (QED) is 0.471. The highest BCUT2D eigenvalue weighted by Crippen LogP contribution is 2.27. The van der Waals surface area contributed by atoms with Crippen molar-refractivity contribution in [3.05, 3.63) is 48.2 Å². The molecule has 2 aromatic heterocycles. The Labute approximate surface area is 180 Å². The SMILES string of the molecule is Cc1cc(NC(=O)NCCO)nc2nc(N(c3ccccc3)N3CCNCC3)ncc12. The number of urea groups is 1. The van der Waals surface area contributed by atoms with E-state index in [2.05, 4.69) is 30.9 Å². The van der Waals surface area contributed by atoms with Gasteiger partial charge in [-0.05, 0) is 30.7 Å². The fraction of sp³-hybridized carbons (Fsp3) is 0.333. The number of carbonyl (C=O) groups is 1. The van der Waals surface area contributed by atoms with Crippen LogP contribution in [0.15, 0.2) is 42.6 Å². The number of fused-ring (bicyclic) bond motifs is 1. The molecule has 1 aromatic carbocycles. The van der Waals surface area contributed by atoms with Crippen molar-refractivity contribution in [2.24, 2.45) is 0 Å². The first-order chi connectivity index (χ1) is 15.2. The molecule has 10 heteroatoms. The molecule has 0 unspecified atom stereocenters. The maximum atomic E-state index is 12.0. The van der Waals surface area contributed by atoms with Crippen molar-refractivity contribution in [1.29, 1.82) is 0 Å². The molecule has 31 heavy (non-hydrogen) atoms. The van der Waals surface area contributed by atoms with E-state index in [0.29, 0.717) is 17.4 Å². The summed E-state index contributed by atoms with van der Waals surface area (Å²) >= 11 is 0. The van der Waals surface area contributed by atoms with Gasteiger partial charge in [-0.2, -0.15) is 4.98 Å². The highest BCUT2D eigenvalue weighted by molar-refractivity contribution is 5.90. The molecule has 0 radical (unpaired) electrons. The number of pyridine rings is 1. The van der Waals surface area contributed by atoms with Crippen LogP contribution in [-0.2, 0) is 0 Å². The molecule has 0 atom stereocenters. The van der Waals surface area contributed by atoms with Crippen molar-refractivity contribution >= 4 is 34.5 Å². The number of aliphatic hydroxyl groups excluding tert-OH is 1. The molecule has 1 fully saturated rings. The van der Waals surface area contributed by atoms with Crippen molar-refractivity contribution < 1.29 is 9.90 Å². The van der Waals surface area contributed by atoms with Gasteiger partial charge in [-0.15, -0.1) is 0 Å². The summed E-state index contributed by atoms with van der Waals surface area (Å²) in [5.41, 5.74) is 2.37. The number of hydrogen-bond donors (Lipinski definition) is 4. The largest absolute Gasteiger partial charge is 0.395 e. The zero-order chi connectivity index (χ0) is 21.6. The normalized spacial score (nSPS) is 14.4. The van der Waals surface area contributed by atoms with Crippen LogP contribution in [0.2, 0.25) is 0 Å². The van der Waals surface area contributed by atoms with Crippen LogP contribution in [-0.4, -0.2) is 70.4 Å². The maximum absolute atomic E-state index is 12.0. The Balaban J connectivity index is 1.70. The van der Waals surface area contributed by atoms with Crippen molar-refractivity contribution in [3.63, 3.8) is 0 Å². The predicted octanol–water partition coefficient (Wildman–Crippen LogP) is 1.41. The third kappa shape index (κ3) is 4.88. The summed E-state index contributed by atoms with van der Waals surface area (Å²) in [5, 5.41) is 22.5. The molecule has 2 amide bonds. The number of aryl methyl sites for hydroxylation is 1. The fourth-order valence-electron chi connectivity index (χ4n) is 3.48. The molecule has 0 bridgehead atoms. The Morgan fingerprint density at radius 2 is 2.00 bits per heavy atom. The molecule has 4 rings (SSSR count). The maximum Gasteiger partial charge on any atom is 0.320 e. The standard InChI is InChI=1S/C21H26N8O2/c1-15-13-18(26-21(31)23-9-12-30)25-19-17(15)14-24-20(27-19)29(16-5-3-2-4-6-16)28-10-7-22-8-11-28/h2-6,13-14,22,30H,7-12H2,1H3,(H2,23,24,25,26,27,31). The number of piperazine rings is 1. The van der Waals surface area contributed by atoms with Gasteiger partial charge in [0.1, 0.15) is 5.82 Å². The molecule has 4 N–H and O–H groups in total. The van der Waals surface area contributed by atoms with E-state index in [9.17, 15) is 4.79 Å². The van der Waals surface area contributed by atoms with E-state index in [4.69, 9.17) is 10.1 Å². The lowest BCUT2D eigenvalue weighted by Gasteiger charge is -2.37. The lowest BCUT2D eigenvalue weighted by atomic mass is 10.2. The minimum atomic E-state index is -0.429. The first-order valence-corrected chi connectivity index (χ1v) is 10.3. The van der Waals surface area contributed by atoms with Crippen LogP contribution in [0, 0.1) is 6.92 Å². The molecule has 0 aliphatic carbocycles. The molecule has 3 heterocycles. The van der Waals surface area contributed by atoms with Crippen molar-refractivity contribution in [1.82, 2.24) is 30.6 Å². The summed E-state index contributed by atoms with van der Waals surface area (Å²) in [7, 11) is 0. The number of aromatic nitrogens is 3. The number of para-hydroxylation sites is 1. The monoisotopic (exact) mass is 422 g/mol. The third-order valence-electron chi connectivity index (χ3n) is 4.97. The highest BCUT2D eigenvalue weighted by atomic mass is 16.3. The average Bonchev–Trinajstić information content (AvgIpc) is 2.79. The highest BCUT2D eigenvalue weighted by Gasteiger charge is 2.23. The smallest absolute Gasteiger partial charge is 0.320 e.